The minimum absolute atomic E-state index is 0.0536. The van der Waals surface area contributed by atoms with Crippen LogP contribution in [0.5, 0.6) is 11.5 Å². The van der Waals surface area contributed by atoms with E-state index in [1.54, 1.807) is 13.2 Å². The third-order valence-corrected chi connectivity index (χ3v) is 6.09. The molecule has 0 atom stereocenters. The van der Waals surface area contributed by atoms with Gasteiger partial charge in [0.15, 0.2) is 11.5 Å². The van der Waals surface area contributed by atoms with Crippen molar-refractivity contribution in [1.29, 1.82) is 0 Å². The molecular formula is C27H30N2O3. The molecule has 1 N–H and O–H groups in total. The molecule has 1 aliphatic heterocycles. The summed E-state index contributed by atoms with van der Waals surface area (Å²) in [7, 11) is 1.56. The van der Waals surface area contributed by atoms with Gasteiger partial charge in [-0.05, 0) is 67.3 Å². The van der Waals surface area contributed by atoms with Gasteiger partial charge in [-0.25, -0.2) is 0 Å². The largest absolute Gasteiger partial charge is 0.504 e. The zero-order chi connectivity index (χ0) is 22.5. The van der Waals surface area contributed by atoms with Crippen LogP contribution in [-0.4, -0.2) is 42.2 Å². The Bertz CT molecular complexity index is 1060. The van der Waals surface area contributed by atoms with Gasteiger partial charge < -0.3 is 14.7 Å². The quantitative estimate of drug-likeness (QED) is 0.597. The van der Waals surface area contributed by atoms with Crippen molar-refractivity contribution in [2.24, 2.45) is 0 Å². The second-order valence-corrected chi connectivity index (χ2v) is 8.39. The number of phenols is 1. The van der Waals surface area contributed by atoms with Gasteiger partial charge in [0.05, 0.1) is 7.11 Å². The van der Waals surface area contributed by atoms with Crippen LogP contribution in [0.1, 0.15) is 34.3 Å². The van der Waals surface area contributed by atoms with E-state index in [2.05, 4.69) is 24.0 Å². The van der Waals surface area contributed by atoms with Crippen molar-refractivity contribution in [2.75, 3.05) is 25.1 Å². The number of hydrogen-bond donors (Lipinski definition) is 1. The molecule has 0 radical (unpaired) electrons. The van der Waals surface area contributed by atoms with Crippen molar-refractivity contribution >= 4 is 11.6 Å². The van der Waals surface area contributed by atoms with Crippen LogP contribution in [0.4, 0.5) is 5.69 Å². The van der Waals surface area contributed by atoms with Crippen molar-refractivity contribution in [2.45, 2.75) is 32.4 Å². The molecule has 1 saturated heterocycles. The highest BCUT2D eigenvalue weighted by Gasteiger charge is 2.30. The van der Waals surface area contributed by atoms with Gasteiger partial charge in [-0.2, -0.15) is 0 Å². The topological polar surface area (TPSA) is 53.0 Å². The van der Waals surface area contributed by atoms with E-state index in [0.717, 1.165) is 49.3 Å². The van der Waals surface area contributed by atoms with Crippen LogP contribution < -0.4 is 9.64 Å². The molecule has 0 saturated carbocycles. The second-order valence-electron chi connectivity index (χ2n) is 8.39. The number of methoxy groups -OCH3 is 1. The SMILES string of the molecule is COc1cc(CN2CCC(N(C(=O)c3ccccc3)c3cccc(C)c3)CC2)ccc1O. The monoisotopic (exact) mass is 430 g/mol. The van der Waals surface area contributed by atoms with E-state index in [1.807, 2.05) is 59.5 Å². The fourth-order valence-corrected chi connectivity index (χ4v) is 4.41. The van der Waals surface area contributed by atoms with Gasteiger partial charge in [0.2, 0.25) is 0 Å². The third-order valence-electron chi connectivity index (χ3n) is 6.09. The number of carbonyl (C=O) groups excluding carboxylic acids is 1. The smallest absolute Gasteiger partial charge is 0.258 e. The molecule has 1 aliphatic rings. The minimum atomic E-state index is 0.0536. The molecule has 3 aromatic carbocycles. The number of ether oxygens (including phenoxy) is 1. The summed E-state index contributed by atoms with van der Waals surface area (Å²) in [6, 6.07) is 23.4. The Morgan fingerprint density at radius 3 is 2.47 bits per heavy atom. The number of rotatable bonds is 6. The molecule has 0 aromatic heterocycles. The fraction of sp³-hybridized carbons (Fsp3) is 0.296. The summed E-state index contributed by atoms with van der Waals surface area (Å²) in [5, 5.41) is 9.83. The number of phenolic OH excluding ortho intramolecular Hbond substituents is 1. The fourth-order valence-electron chi connectivity index (χ4n) is 4.41. The van der Waals surface area contributed by atoms with Crippen LogP contribution in [0.15, 0.2) is 72.8 Å². The number of anilines is 1. The van der Waals surface area contributed by atoms with E-state index in [-0.39, 0.29) is 17.7 Å². The first-order valence-electron chi connectivity index (χ1n) is 11.1. The maximum Gasteiger partial charge on any atom is 0.258 e. The molecule has 32 heavy (non-hydrogen) atoms. The summed E-state index contributed by atoms with van der Waals surface area (Å²) in [5.74, 6) is 0.706. The van der Waals surface area contributed by atoms with Crippen LogP contribution in [-0.2, 0) is 6.54 Å². The minimum Gasteiger partial charge on any atom is -0.504 e. The zero-order valence-electron chi connectivity index (χ0n) is 18.7. The summed E-state index contributed by atoms with van der Waals surface area (Å²) in [6.45, 7) is 4.65. The number of aryl methyl sites for hydroxylation is 1. The molecule has 0 spiro atoms. The molecule has 166 valence electrons. The lowest BCUT2D eigenvalue weighted by Gasteiger charge is -2.39. The lowest BCUT2D eigenvalue weighted by Crippen LogP contribution is -2.47. The van der Waals surface area contributed by atoms with Gasteiger partial charge in [0, 0.05) is 36.9 Å². The van der Waals surface area contributed by atoms with Crippen LogP contribution in [0.2, 0.25) is 0 Å². The Balaban J connectivity index is 1.49. The van der Waals surface area contributed by atoms with E-state index in [1.165, 1.54) is 0 Å². The van der Waals surface area contributed by atoms with Gasteiger partial charge in [-0.15, -0.1) is 0 Å². The van der Waals surface area contributed by atoms with Gasteiger partial charge in [-0.1, -0.05) is 36.4 Å². The molecule has 3 aromatic rings. The number of amides is 1. The first-order valence-corrected chi connectivity index (χ1v) is 11.1. The standard InChI is InChI=1S/C27H30N2O3/c1-20-7-6-10-24(17-20)29(27(31)22-8-4-3-5-9-22)23-13-15-28(16-14-23)19-21-11-12-25(30)26(18-21)32-2/h3-12,17-18,23,30H,13-16,19H2,1-2H3. The van der Waals surface area contributed by atoms with Crippen molar-refractivity contribution in [1.82, 2.24) is 4.90 Å². The summed E-state index contributed by atoms with van der Waals surface area (Å²) in [6.07, 6.45) is 1.81. The van der Waals surface area contributed by atoms with Crippen LogP contribution in [0.3, 0.4) is 0 Å². The van der Waals surface area contributed by atoms with E-state index in [4.69, 9.17) is 4.74 Å². The van der Waals surface area contributed by atoms with Crippen molar-refractivity contribution in [3.63, 3.8) is 0 Å². The first-order chi connectivity index (χ1) is 15.5. The second kappa shape index (κ2) is 9.88. The molecule has 1 fully saturated rings. The number of hydrogen-bond acceptors (Lipinski definition) is 4. The zero-order valence-corrected chi connectivity index (χ0v) is 18.7. The molecule has 5 heteroatoms. The third kappa shape index (κ3) is 4.94. The highest BCUT2D eigenvalue weighted by molar-refractivity contribution is 6.06. The summed E-state index contributed by atoms with van der Waals surface area (Å²) < 4.78 is 5.24. The normalized spacial score (nSPS) is 14.8. The van der Waals surface area contributed by atoms with E-state index in [0.29, 0.717) is 11.3 Å². The number of aromatic hydroxyl groups is 1. The van der Waals surface area contributed by atoms with Gasteiger partial charge in [0.25, 0.3) is 5.91 Å². The Morgan fingerprint density at radius 1 is 1.03 bits per heavy atom. The highest BCUT2D eigenvalue weighted by atomic mass is 16.5. The van der Waals surface area contributed by atoms with Crippen LogP contribution in [0.25, 0.3) is 0 Å². The number of likely N-dealkylation sites (tertiary alicyclic amines) is 1. The molecule has 5 nitrogen and oxygen atoms in total. The summed E-state index contributed by atoms with van der Waals surface area (Å²) in [4.78, 5) is 17.9. The Labute approximate surface area is 189 Å². The summed E-state index contributed by atoms with van der Waals surface area (Å²) >= 11 is 0. The molecular weight excluding hydrogens is 400 g/mol. The van der Waals surface area contributed by atoms with E-state index in [9.17, 15) is 9.90 Å². The molecule has 0 bridgehead atoms. The molecule has 1 heterocycles. The predicted octanol–water partition coefficient (Wildman–Crippen LogP) is 5.02. The van der Waals surface area contributed by atoms with Crippen molar-refractivity contribution in [3.05, 3.63) is 89.5 Å². The van der Waals surface area contributed by atoms with Crippen LogP contribution in [0, 0.1) is 6.92 Å². The lowest BCUT2D eigenvalue weighted by atomic mass is 9.99. The van der Waals surface area contributed by atoms with E-state index >= 15 is 0 Å². The number of carbonyl (C=O) groups is 1. The lowest BCUT2D eigenvalue weighted by molar-refractivity contribution is 0.0958. The Kier molecular flexibility index (Phi) is 6.76. The van der Waals surface area contributed by atoms with Crippen molar-refractivity contribution < 1.29 is 14.6 Å². The summed E-state index contributed by atoms with van der Waals surface area (Å²) in [5.41, 5.74) is 3.93. The Morgan fingerprint density at radius 2 is 1.78 bits per heavy atom. The molecule has 0 unspecified atom stereocenters. The van der Waals surface area contributed by atoms with Crippen LogP contribution >= 0.6 is 0 Å². The number of benzene rings is 3. The van der Waals surface area contributed by atoms with Gasteiger partial charge >= 0.3 is 0 Å². The Hall–Kier alpha value is -3.31. The van der Waals surface area contributed by atoms with Crippen molar-refractivity contribution in [3.8, 4) is 11.5 Å². The van der Waals surface area contributed by atoms with Gasteiger partial charge in [-0.3, -0.25) is 9.69 Å². The maximum atomic E-state index is 13.5. The first kappa shape index (κ1) is 21.9. The van der Waals surface area contributed by atoms with Gasteiger partial charge in [0.1, 0.15) is 0 Å². The average molecular weight is 431 g/mol. The molecule has 4 rings (SSSR count). The van der Waals surface area contributed by atoms with E-state index < -0.39 is 0 Å². The predicted molar refractivity (Wildman–Crippen MR) is 127 cm³/mol. The molecule has 1 amide bonds. The number of piperidine rings is 1. The molecule has 0 aliphatic carbocycles. The average Bonchev–Trinajstić information content (AvgIpc) is 2.82. The number of nitrogens with zero attached hydrogens (tertiary/aromatic N) is 2. The highest BCUT2D eigenvalue weighted by Crippen LogP contribution is 2.29. The maximum absolute atomic E-state index is 13.5.